The molecule has 15 atom stereocenters. The second kappa shape index (κ2) is 28.5. The van der Waals surface area contributed by atoms with E-state index in [0.29, 0.717) is 36.9 Å². The van der Waals surface area contributed by atoms with E-state index in [1.165, 1.54) is 44.4 Å². The third kappa shape index (κ3) is 14.9. The number of fused-ring (bicyclic) bond motifs is 1. The number of nitrogens with zero attached hydrogens (tertiary/aromatic N) is 3. The Labute approximate surface area is 462 Å². The van der Waals surface area contributed by atoms with Crippen LogP contribution in [0.2, 0.25) is 0 Å². The van der Waals surface area contributed by atoms with Crippen molar-refractivity contribution in [2.45, 2.75) is 173 Å². The van der Waals surface area contributed by atoms with E-state index in [1.807, 2.05) is 32.0 Å². The lowest BCUT2D eigenvalue weighted by Crippen LogP contribution is -2.61. The number of carboxylic acids is 1. The van der Waals surface area contributed by atoms with Crippen LogP contribution in [0.15, 0.2) is 52.9 Å². The topological polar surface area (TPSA) is 323 Å². The molecule has 23 nitrogen and oxygen atoms in total. The van der Waals surface area contributed by atoms with Crippen molar-refractivity contribution in [2.75, 3.05) is 34.9 Å². The molecule has 5 rings (SSSR count). The largest absolute Gasteiger partial charge is 0.479 e. The fourth-order valence-corrected chi connectivity index (χ4v) is 10.7. The number of aliphatic carboxylic acids is 1. The van der Waals surface area contributed by atoms with Gasteiger partial charge in [-0.25, -0.2) is 9.59 Å². The third-order valence-corrected chi connectivity index (χ3v) is 15.5. The Morgan fingerprint density at radius 1 is 0.861 bits per heavy atom. The highest BCUT2D eigenvalue weighted by Crippen LogP contribution is 2.36. The van der Waals surface area contributed by atoms with Crippen molar-refractivity contribution in [3.8, 4) is 5.75 Å². The number of benzene rings is 2. The van der Waals surface area contributed by atoms with Crippen molar-refractivity contribution >= 4 is 46.7 Å². The van der Waals surface area contributed by atoms with Gasteiger partial charge in [-0.05, 0) is 61.3 Å². The fraction of sp³-hybridized carbons (Fsp3) is 0.643. The summed E-state index contributed by atoms with van der Waals surface area (Å²) in [6, 6.07) is 9.59. The van der Waals surface area contributed by atoms with E-state index in [9.17, 15) is 54.3 Å². The minimum Gasteiger partial charge on any atom is -0.479 e. The van der Waals surface area contributed by atoms with Crippen LogP contribution in [0, 0.1) is 23.7 Å². The zero-order chi connectivity index (χ0) is 58.7. The highest BCUT2D eigenvalue weighted by Gasteiger charge is 2.49. The molecule has 2 aliphatic rings. The number of likely N-dealkylation sites (N-methyl/N-ethyl adjacent to an activating group) is 2. The number of aliphatic hydroxyl groups is 4. The van der Waals surface area contributed by atoms with E-state index in [1.54, 1.807) is 65.6 Å². The number of carboxylic acid groups (broad SMARTS) is 1. The summed E-state index contributed by atoms with van der Waals surface area (Å²) in [7, 11) is 6.02. The number of rotatable bonds is 26. The minimum atomic E-state index is -1.93. The first-order chi connectivity index (χ1) is 37.3. The number of carbonyl (C=O) groups excluding carboxylic acids is 5. The highest BCUT2D eigenvalue weighted by atomic mass is 16.7. The second-order valence-electron chi connectivity index (χ2n) is 21.6. The molecule has 3 heterocycles. The average Bonchev–Trinajstić information content (AvgIpc) is 4.29. The molecule has 9 N–H and O–H groups in total. The Morgan fingerprint density at radius 2 is 1.53 bits per heavy atom. The van der Waals surface area contributed by atoms with Gasteiger partial charge < -0.3 is 79.8 Å². The van der Waals surface area contributed by atoms with E-state index >= 15 is 0 Å². The summed E-state index contributed by atoms with van der Waals surface area (Å²) < 4.78 is 34.8. The van der Waals surface area contributed by atoms with Crippen LogP contribution < -0.4 is 21.1 Å². The van der Waals surface area contributed by atoms with Gasteiger partial charge in [0.2, 0.25) is 29.9 Å². The van der Waals surface area contributed by atoms with Gasteiger partial charge in [0.25, 0.3) is 0 Å². The van der Waals surface area contributed by atoms with E-state index < -0.39 is 121 Å². The molecule has 5 amide bonds. The Bertz CT molecular complexity index is 2530. The molecule has 23 heteroatoms. The normalized spacial score (nSPS) is 22.9. The molecular formula is C56H84N6O17. The van der Waals surface area contributed by atoms with Gasteiger partial charge in [-0.3, -0.25) is 24.1 Å². The van der Waals surface area contributed by atoms with Gasteiger partial charge in [0.1, 0.15) is 54.1 Å². The Hall–Kier alpha value is -5.92. The average molecular weight is 1110 g/mol. The van der Waals surface area contributed by atoms with E-state index in [2.05, 4.69) is 10.6 Å². The first-order valence-corrected chi connectivity index (χ1v) is 27.0. The SMILES string of the molecule is CC[C@H](C)[C@@H](C(CC(=O)N1CCC[C@H]1[C@H](OC)C(C)C(=O)N[C@H](C)C(O)c1ccccc1)OC)N(C)C(=O)[C@@H](NC(=O)[C@H](C(C)C)N(C)C(=O)OCc1ccc(O[C@@H]2O[C@H](C(=O)O)[C@@H](O)[C@H](O)[C@H]2O)c2cc(CN)oc12)C(C)C. The molecule has 2 fully saturated rings. The second-order valence-corrected chi connectivity index (χ2v) is 21.6. The summed E-state index contributed by atoms with van der Waals surface area (Å²) >= 11 is 0. The number of aliphatic hydroxyl groups excluding tert-OH is 4. The summed E-state index contributed by atoms with van der Waals surface area (Å²) in [5, 5.41) is 57.6. The van der Waals surface area contributed by atoms with Crippen LogP contribution in [0.4, 0.5) is 4.79 Å². The van der Waals surface area contributed by atoms with Gasteiger partial charge in [0.15, 0.2) is 6.10 Å². The molecule has 440 valence electrons. The van der Waals surface area contributed by atoms with Crippen LogP contribution >= 0.6 is 0 Å². The molecule has 2 aliphatic heterocycles. The van der Waals surface area contributed by atoms with Gasteiger partial charge >= 0.3 is 12.1 Å². The third-order valence-electron chi connectivity index (χ3n) is 15.5. The maximum Gasteiger partial charge on any atom is 0.410 e. The molecule has 3 aromatic rings. The molecule has 0 saturated carbocycles. The number of ether oxygens (including phenoxy) is 5. The van der Waals surface area contributed by atoms with Gasteiger partial charge in [0, 0.05) is 40.4 Å². The predicted octanol–water partition coefficient (Wildman–Crippen LogP) is 3.05. The fourth-order valence-electron chi connectivity index (χ4n) is 10.7. The molecule has 0 radical (unpaired) electrons. The molecule has 0 bridgehead atoms. The highest BCUT2D eigenvalue weighted by molar-refractivity contribution is 5.92. The summed E-state index contributed by atoms with van der Waals surface area (Å²) in [6.07, 6.45) is -10.8. The zero-order valence-corrected chi connectivity index (χ0v) is 47.4. The number of furan rings is 1. The summed E-state index contributed by atoms with van der Waals surface area (Å²) in [5.41, 5.74) is 7.03. The van der Waals surface area contributed by atoms with E-state index in [4.69, 9.17) is 33.8 Å². The van der Waals surface area contributed by atoms with E-state index in [-0.39, 0.29) is 59.8 Å². The maximum atomic E-state index is 14.8. The predicted molar refractivity (Wildman–Crippen MR) is 288 cm³/mol. The maximum absolute atomic E-state index is 14.8. The summed E-state index contributed by atoms with van der Waals surface area (Å²) in [5.74, 6) is -4.69. The lowest BCUT2D eigenvalue weighted by molar-refractivity contribution is -0.270. The van der Waals surface area contributed by atoms with Crippen LogP contribution in [0.25, 0.3) is 11.0 Å². The number of nitrogens with two attached hydrogens (primary N) is 1. The van der Waals surface area contributed by atoms with Crippen molar-refractivity contribution in [3.05, 3.63) is 65.4 Å². The van der Waals surface area contributed by atoms with Crippen molar-refractivity contribution < 1.29 is 82.4 Å². The van der Waals surface area contributed by atoms with Crippen molar-refractivity contribution in [1.82, 2.24) is 25.3 Å². The minimum absolute atomic E-state index is 0.0228. The Kier molecular flexibility index (Phi) is 23.0. The molecule has 3 unspecified atom stereocenters. The summed E-state index contributed by atoms with van der Waals surface area (Å²) in [4.78, 5) is 87.2. The number of carbonyl (C=O) groups is 6. The standard InChI is InChI=1S/C56H84N6O17/c1-13-30(6)43(39(74-11)25-40(63)62-23-17-20-37(62)48(75-12)31(7)51(68)58-32(8)44(64)33-18-15-14-16-19-33)60(9)53(70)41(28(2)3)59-52(69)42(29(4)5)61(10)56(73)76-27-34-21-22-38(36-24-35(26-57)77-49(34)36)78-55-47(67)45(65)46(66)50(79-55)54(71)72/h14-16,18-19,21-22,24,28-32,37,39,41-48,50,55,64-67H,13,17,20,23,25-27,57H2,1-12H3,(H,58,68)(H,59,69)(H,71,72)/t30-,31?,32+,37-,39?,41-,42-,43-,44?,45-,46-,47+,48+,50-,55+/m0/s1. The van der Waals surface area contributed by atoms with Crippen LogP contribution in [-0.2, 0) is 56.1 Å². The number of methoxy groups -OCH3 is 2. The van der Waals surface area contributed by atoms with Crippen molar-refractivity contribution in [1.29, 1.82) is 0 Å². The Balaban J connectivity index is 1.26. The van der Waals surface area contributed by atoms with Gasteiger partial charge in [-0.2, -0.15) is 0 Å². The molecule has 79 heavy (non-hydrogen) atoms. The van der Waals surface area contributed by atoms with Gasteiger partial charge in [-0.1, -0.05) is 85.2 Å². The first kappa shape index (κ1) is 63.9. The smallest absolute Gasteiger partial charge is 0.410 e. The zero-order valence-electron chi connectivity index (χ0n) is 47.4. The van der Waals surface area contributed by atoms with Crippen molar-refractivity contribution in [3.63, 3.8) is 0 Å². The molecule has 2 saturated heterocycles. The van der Waals surface area contributed by atoms with Gasteiger partial charge in [0.05, 0.1) is 60.7 Å². The molecule has 2 aromatic carbocycles. The van der Waals surface area contributed by atoms with Crippen LogP contribution in [-0.4, -0.2) is 184 Å². The first-order valence-electron chi connectivity index (χ1n) is 27.0. The van der Waals surface area contributed by atoms with Crippen LogP contribution in [0.1, 0.15) is 104 Å². The summed E-state index contributed by atoms with van der Waals surface area (Å²) in [6.45, 7) is 14.4. The van der Waals surface area contributed by atoms with Crippen LogP contribution in [0.3, 0.4) is 0 Å². The quantitative estimate of drug-likeness (QED) is 0.0573. The lowest BCUT2D eigenvalue weighted by atomic mass is 9.89. The van der Waals surface area contributed by atoms with E-state index in [0.717, 1.165) is 4.90 Å². The van der Waals surface area contributed by atoms with Gasteiger partial charge in [-0.15, -0.1) is 0 Å². The Morgan fingerprint density at radius 3 is 2.11 bits per heavy atom. The number of hydrogen-bond donors (Lipinski definition) is 8. The monoisotopic (exact) mass is 1110 g/mol. The number of amides is 5. The number of nitrogens with one attached hydrogen (secondary N) is 2. The molecule has 0 aliphatic carbocycles. The lowest BCUT2D eigenvalue weighted by Gasteiger charge is -2.41. The van der Waals surface area contributed by atoms with Crippen molar-refractivity contribution in [2.24, 2.45) is 29.4 Å². The molecule has 1 aromatic heterocycles. The number of likely N-dealkylation sites (tertiary alicyclic amines) is 1. The number of hydrogen-bond acceptors (Lipinski definition) is 17. The molecule has 0 spiro atoms. The van der Waals surface area contributed by atoms with Crippen LogP contribution in [0.5, 0.6) is 5.75 Å². The molecular weight excluding hydrogens is 1030 g/mol.